The molecule has 0 bridgehead atoms. The number of rotatable bonds is 8. The Morgan fingerprint density at radius 2 is 1.93 bits per heavy atom. The number of hydrogen-bond acceptors (Lipinski definition) is 6. The van der Waals surface area contributed by atoms with Crippen LogP contribution in [0.25, 0.3) is 20.4 Å². The summed E-state index contributed by atoms with van der Waals surface area (Å²) in [6.45, 7) is 4.25. The van der Waals surface area contributed by atoms with Crippen LogP contribution in [0.5, 0.6) is 0 Å². The summed E-state index contributed by atoms with van der Waals surface area (Å²) < 4.78 is 1.16. The lowest BCUT2D eigenvalue weighted by molar-refractivity contribution is 0.405. The van der Waals surface area contributed by atoms with Gasteiger partial charge in [-0.3, -0.25) is 0 Å². The summed E-state index contributed by atoms with van der Waals surface area (Å²) in [6.07, 6.45) is 11.2. The smallest absolute Gasteiger partial charge is 0.147 e. The van der Waals surface area contributed by atoms with Crippen molar-refractivity contribution in [2.24, 2.45) is 0 Å². The average Bonchev–Trinajstić information content (AvgIpc) is 3.08. The van der Waals surface area contributed by atoms with Gasteiger partial charge < -0.3 is 10.2 Å². The van der Waals surface area contributed by atoms with Crippen molar-refractivity contribution in [3.05, 3.63) is 23.1 Å². The summed E-state index contributed by atoms with van der Waals surface area (Å²) in [5.74, 6) is 0.964. The zero-order chi connectivity index (χ0) is 19.5. The van der Waals surface area contributed by atoms with Gasteiger partial charge >= 0.3 is 0 Å². The van der Waals surface area contributed by atoms with Gasteiger partial charge in [0.1, 0.15) is 17.0 Å². The van der Waals surface area contributed by atoms with Crippen LogP contribution >= 0.6 is 11.3 Å². The third-order valence-corrected chi connectivity index (χ3v) is 6.73. The van der Waals surface area contributed by atoms with E-state index in [0.717, 1.165) is 53.2 Å². The summed E-state index contributed by atoms with van der Waals surface area (Å²) in [6, 6.07) is 0. The molecule has 150 valence electrons. The maximum absolute atomic E-state index is 5.14. The molecule has 5 nitrogen and oxygen atoms in total. The summed E-state index contributed by atoms with van der Waals surface area (Å²) in [5.41, 5.74) is 5.47. The molecule has 0 unspecified atom stereocenters. The molecule has 3 heterocycles. The number of unbranched alkanes of at least 4 members (excludes halogenated alkanes) is 1. The van der Waals surface area contributed by atoms with Crippen molar-refractivity contribution in [2.75, 3.05) is 32.5 Å². The summed E-state index contributed by atoms with van der Waals surface area (Å²) in [7, 11) is 4.22. The van der Waals surface area contributed by atoms with Crippen LogP contribution in [0.1, 0.15) is 55.8 Å². The van der Waals surface area contributed by atoms with E-state index in [1.807, 2.05) is 0 Å². The Balaban J connectivity index is 1.75. The van der Waals surface area contributed by atoms with Crippen LogP contribution in [-0.2, 0) is 19.3 Å². The fourth-order valence-electron chi connectivity index (χ4n) is 4.22. The number of hydrogen-bond donors (Lipinski definition) is 1. The molecule has 6 heteroatoms. The monoisotopic (exact) mass is 397 g/mol. The number of aromatic nitrogens is 3. The van der Waals surface area contributed by atoms with Gasteiger partial charge in [0.2, 0.25) is 0 Å². The molecule has 1 aliphatic carbocycles. The summed E-state index contributed by atoms with van der Waals surface area (Å²) in [4.78, 5) is 17.8. The highest BCUT2D eigenvalue weighted by molar-refractivity contribution is 7.26. The van der Waals surface area contributed by atoms with Crippen molar-refractivity contribution in [1.82, 2.24) is 19.9 Å². The molecule has 1 N–H and O–H groups in total. The molecule has 1 aliphatic rings. The van der Waals surface area contributed by atoms with Crippen LogP contribution in [0.4, 0.5) is 5.82 Å². The topological polar surface area (TPSA) is 53.9 Å². The van der Waals surface area contributed by atoms with Gasteiger partial charge in [-0.1, -0.05) is 13.3 Å². The number of thiophene rings is 1. The lowest BCUT2D eigenvalue weighted by Crippen LogP contribution is -2.16. The zero-order valence-electron chi connectivity index (χ0n) is 17.3. The van der Waals surface area contributed by atoms with E-state index in [9.17, 15) is 0 Å². The Hall–Kier alpha value is -1.79. The molecule has 0 fully saturated rings. The van der Waals surface area contributed by atoms with Gasteiger partial charge in [0.05, 0.1) is 10.2 Å². The number of anilines is 1. The molecule has 3 aromatic rings. The first-order chi connectivity index (χ1) is 13.7. The Kier molecular flexibility index (Phi) is 6.07. The van der Waals surface area contributed by atoms with E-state index in [4.69, 9.17) is 9.97 Å². The number of nitrogens with zero attached hydrogens (tertiary/aromatic N) is 4. The standard InChI is InChI=1S/C22H31N5S/c1-4-5-11-17-15-9-6-7-10-16(15)18-19-20(28-22(18)26-17)21(25-14-24-19)23-12-8-13-27(2)3/h14H,4-13H2,1-3H3,(H,23,24,25). The van der Waals surface area contributed by atoms with Gasteiger partial charge in [0, 0.05) is 17.6 Å². The molecule has 0 aliphatic heterocycles. The minimum absolute atomic E-state index is 0.922. The van der Waals surface area contributed by atoms with Crippen LogP contribution in [0, 0.1) is 0 Å². The lowest BCUT2D eigenvalue weighted by atomic mass is 9.87. The molecule has 0 saturated carbocycles. The van der Waals surface area contributed by atoms with E-state index in [2.05, 4.69) is 36.2 Å². The molecule has 28 heavy (non-hydrogen) atoms. The molecular weight excluding hydrogens is 366 g/mol. The van der Waals surface area contributed by atoms with Crippen LogP contribution in [0.3, 0.4) is 0 Å². The first kappa shape index (κ1) is 19.5. The third kappa shape index (κ3) is 3.85. The second-order valence-electron chi connectivity index (χ2n) is 8.09. The highest BCUT2D eigenvalue weighted by Crippen LogP contribution is 2.40. The van der Waals surface area contributed by atoms with E-state index in [0.29, 0.717) is 0 Å². The molecule has 4 rings (SSSR count). The van der Waals surface area contributed by atoms with Crippen molar-refractivity contribution >= 4 is 37.6 Å². The van der Waals surface area contributed by atoms with Gasteiger partial charge in [-0.2, -0.15) is 0 Å². The minimum Gasteiger partial charge on any atom is -0.369 e. The van der Waals surface area contributed by atoms with Crippen molar-refractivity contribution in [3.8, 4) is 0 Å². The first-order valence-electron chi connectivity index (χ1n) is 10.7. The Morgan fingerprint density at radius 3 is 2.71 bits per heavy atom. The van der Waals surface area contributed by atoms with Gasteiger partial charge in [-0.05, 0) is 76.7 Å². The summed E-state index contributed by atoms with van der Waals surface area (Å²) in [5, 5.41) is 4.84. The van der Waals surface area contributed by atoms with E-state index < -0.39 is 0 Å². The minimum atomic E-state index is 0.922. The highest BCUT2D eigenvalue weighted by atomic mass is 32.1. The van der Waals surface area contributed by atoms with Gasteiger partial charge in [-0.15, -0.1) is 11.3 Å². The van der Waals surface area contributed by atoms with E-state index >= 15 is 0 Å². The van der Waals surface area contributed by atoms with Gasteiger partial charge in [0.15, 0.2) is 0 Å². The Morgan fingerprint density at radius 1 is 1.11 bits per heavy atom. The van der Waals surface area contributed by atoms with Gasteiger partial charge in [-0.25, -0.2) is 15.0 Å². The number of nitrogens with one attached hydrogen (secondary N) is 1. The molecule has 3 aromatic heterocycles. The van der Waals surface area contributed by atoms with Crippen molar-refractivity contribution in [3.63, 3.8) is 0 Å². The van der Waals surface area contributed by atoms with E-state index in [1.54, 1.807) is 17.7 Å². The number of pyridine rings is 1. The zero-order valence-corrected chi connectivity index (χ0v) is 18.2. The van der Waals surface area contributed by atoms with Crippen molar-refractivity contribution < 1.29 is 0 Å². The van der Waals surface area contributed by atoms with Crippen LogP contribution in [0.15, 0.2) is 6.33 Å². The third-order valence-electron chi connectivity index (χ3n) is 5.65. The van der Waals surface area contributed by atoms with E-state index in [-0.39, 0.29) is 0 Å². The van der Waals surface area contributed by atoms with Gasteiger partial charge in [0.25, 0.3) is 0 Å². The molecule has 0 radical (unpaired) electrons. The maximum atomic E-state index is 5.14. The highest BCUT2D eigenvalue weighted by Gasteiger charge is 2.22. The first-order valence-corrected chi connectivity index (χ1v) is 11.5. The fraction of sp³-hybridized carbons (Fsp3) is 0.591. The van der Waals surface area contributed by atoms with Crippen LogP contribution < -0.4 is 5.32 Å². The molecule has 0 saturated heterocycles. The fourth-order valence-corrected chi connectivity index (χ4v) is 5.36. The quantitative estimate of drug-likeness (QED) is 0.552. The molecule has 0 spiro atoms. The second kappa shape index (κ2) is 8.70. The van der Waals surface area contributed by atoms with Crippen LogP contribution in [0.2, 0.25) is 0 Å². The average molecular weight is 398 g/mol. The van der Waals surface area contributed by atoms with Crippen molar-refractivity contribution in [2.45, 2.75) is 58.3 Å². The SMILES string of the molecule is CCCCc1nc2sc3c(NCCCN(C)C)ncnc3c2c2c1CCCC2. The molecule has 0 aromatic carbocycles. The number of aryl methyl sites for hydroxylation is 2. The summed E-state index contributed by atoms with van der Waals surface area (Å²) >= 11 is 1.76. The largest absolute Gasteiger partial charge is 0.369 e. The van der Waals surface area contributed by atoms with Crippen LogP contribution in [-0.4, -0.2) is 47.0 Å². The Labute approximate surface area is 171 Å². The normalized spacial score (nSPS) is 14.1. The molecule has 0 atom stereocenters. The predicted molar refractivity (Wildman–Crippen MR) is 120 cm³/mol. The van der Waals surface area contributed by atoms with Crippen molar-refractivity contribution in [1.29, 1.82) is 0 Å². The van der Waals surface area contributed by atoms with E-state index in [1.165, 1.54) is 54.3 Å². The Bertz CT molecular complexity index is 963. The molecular formula is C22H31N5S. The molecule has 0 amide bonds. The second-order valence-corrected chi connectivity index (χ2v) is 9.09. The predicted octanol–water partition coefficient (Wildman–Crippen LogP) is 4.82. The maximum Gasteiger partial charge on any atom is 0.147 e. The lowest BCUT2D eigenvalue weighted by Gasteiger charge is -2.20. The number of fused-ring (bicyclic) bond motifs is 5.